The van der Waals surface area contributed by atoms with Crippen LogP contribution in [0.4, 0.5) is 0 Å². The van der Waals surface area contributed by atoms with Gasteiger partial charge < -0.3 is 15.5 Å². The van der Waals surface area contributed by atoms with Gasteiger partial charge in [-0.1, -0.05) is 18.2 Å². The number of nitrogens with zero attached hydrogens (tertiary/aromatic N) is 1. The van der Waals surface area contributed by atoms with Gasteiger partial charge in [0.25, 0.3) is 0 Å². The first-order valence-electron chi connectivity index (χ1n) is 6.42. The number of aromatic nitrogens is 2. The Balaban J connectivity index is 2.11. The second-order valence-corrected chi connectivity index (χ2v) is 4.42. The Morgan fingerprint density at radius 2 is 2.00 bits per heavy atom. The Hall–Kier alpha value is -2.53. The average Bonchev–Trinajstić information content (AvgIpc) is 2.81. The van der Waals surface area contributed by atoms with E-state index < -0.39 is 0 Å². The van der Waals surface area contributed by atoms with Crippen LogP contribution in [0.1, 0.15) is 0 Å². The number of benzene rings is 2. The SMILES string of the molecule is NCCOc1cccc(-n2c(=O)[nH]c3ccccc32)c1. The molecule has 3 aromatic rings. The number of nitrogens with one attached hydrogen (secondary N) is 1. The number of hydrogen-bond acceptors (Lipinski definition) is 3. The normalized spacial score (nSPS) is 10.8. The topological polar surface area (TPSA) is 73.0 Å². The quantitative estimate of drug-likeness (QED) is 0.756. The van der Waals surface area contributed by atoms with E-state index in [0.717, 1.165) is 16.7 Å². The zero-order valence-electron chi connectivity index (χ0n) is 10.9. The van der Waals surface area contributed by atoms with Crippen LogP contribution < -0.4 is 16.2 Å². The lowest BCUT2D eigenvalue weighted by molar-refractivity contribution is 0.328. The smallest absolute Gasteiger partial charge is 0.331 e. The van der Waals surface area contributed by atoms with Crippen molar-refractivity contribution in [1.29, 1.82) is 0 Å². The number of hydrogen-bond donors (Lipinski definition) is 2. The summed E-state index contributed by atoms with van der Waals surface area (Å²) in [5.41, 5.74) is 7.68. The molecule has 3 N–H and O–H groups in total. The second-order valence-electron chi connectivity index (χ2n) is 4.42. The number of ether oxygens (including phenoxy) is 1. The van der Waals surface area contributed by atoms with Crippen LogP contribution in [-0.2, 0) is 0 Å². The standard InChI is InChI=1S/C15H15N3O2/c16-8-9-20-12-5-3-4-11(10-12)18-14-7-2-1-6-13(14)17-15(18)19/h1-7,10H,8-9,16H2,(H,17,19). The minimum absolute atomic E-state index is 0.165. The first-order valence-corrected chi connectivity index (χ1v) is 6.42. The molecule has 0 unspecified atom stereocenters. The molecule has 0 spiro atoms. The lowest BCUT2D eigenvalue weighted by atomic mass is 10.2. The van der Waals surface area contributed by atoms with E-state index in [1.165, 1.54) is 0 Å². The molecule has 5 nitrogen and oxygen atoms in total. The molecule has 5 heteroatoms. The molecule has 0 atom stereocenters. The highest BCUT2D eigenvalue weighted by atomic mass is 16.5. The van der Waals surface area contributed by atoms with Gasteiger partial charge in [0.1, 0.15) is 12.4 Å². The predicted octanol–water partition coefficient (Wildman–Crippen LogP) is 1.66. The molecule has 20 heavy (non-hydrogen) atoms. The van der Waals surface area contributed by atoms with E-state index in [1.54, 1.807) is 4.57 Å². The van der Waals surface area contributed by atoms with Crippen molar-refractivity contribution in [3.8, 4) is 11.4 Å². The van der Waals surface area contributed by atoms with Gasteiger partial charge in [0.2, 0.25) is 0 Å². The van der Waals surface area contributed by atoms with Gasteiger partial charge >= 0.3 is 5.69 Å². The number of para-hydroxylation sites is 2. The number of H-pyrrole nitrogens is 1. The Bertz CT molecular complexity index is 789. The maximum absolute atomic E-state index is 12.1. The molecule has 1 aromatic heterocycles. The van der Waals surface area contributed by atoms with E-state index in [2.05, 4.69) is 4.98 Å². The summed E-state index contributed by atoms with van der Waals surface area (Å²) < 4.78 is 7.12. The molecule has 0 amide bonds. The van der Waals surface area contributed by atoms with Crippen LogP contribution in [0.3, 0.4) is 0 Å². The zero-order valence-corrected chi connectivity index (χ0v) is 10.9. The van der Waals surface area contributed by atoms with Gasteiger partial charge in [0.05, 0.1) is 16.7 Å². The summed E-state index contributed by atoms with van der Waals surface area (Å²) >= 11 is 0. The number of nitrogens with two attached hydrogens (primary N) is 1. The molecule has 3 rings (SSSR count). The zero-order chi connectivity index (χ0) is 13.9. The largest absolute Gasteiger partial charge is 0.492 e. The van der Waals surface area contributed by atoms with Gasteiger partial charge in [-0.2, -0.15) is 0 Å². The van der Waals surface area contributed by atoms with E-state index >= 15 is 0 Å². The van der Waals surface area contributed by atoms with Crippen LogP contribution in [0.5, 0.6) is 5.75 Å². The highest BCUT2D eigenvalue weighted by Crippen LogP contribution is 2.19. The Labute approximate surface area is 115 Å². The minimum atomic E-state index is -0.165. The van der Waals surface area contributed by atoms with Crippen molar-refractivity contribution in [2.75, 3.05) is 13.2 Å². The van der Waals surface area contributed by atoms with Crippen molar-refractivity contribution in [1.82, 2.24) is 9.55 Å². The Morgan fingerprint density at radius 3 is 2.85 bits per heavy atom. The molecule has 0 aliphatic heterocycles. The number of imidazole rings is 1. The molecule has 0 saturated heterocycles. The second kappa shape index (κ2) is 5.22. The van der Waals surface area contributed by atoms with Crippen LogP contribution in [0.15, 0.2) is 53.3 Å². The van der Waals surface area contributed by atoms with Crippen molar-refractivity contribution >= 4 is 11.0 Å². The summed E-state index contributed by atoms with van der Waals surface area (Å²) in [4.78, 5) is 14.9. The monoisotopic (exact) mass is 269 g/mol. The summed E-state index contributed by atoms with van der Waals surface area (Å²) in [6.07, 6.45) is 0. The lowest BCUT2D eigenvalue weighted by Gasteiger charge is -2.07. The van der Waals surface area contributed by atoms with Crippen LogP contribution in [0.2, 0.25) is 0 Å². The van der Waals surface area contributed by atoms with Crippen LogP contribution >= 0.6 is 0 Å². The summed E-state index contributed by atoms with van der Waals surface area (Å²) in [5, 5.41) is 0. The molecular formula is C15H15N3O2. The molecule has 2 aromatic carbocycles. The molecule has 1 heterocycles. The van der Waals surface area contributed by atoms with Gasteiger partial charge in [-0.25, -0.2) is 4.79 Å². The highest BCUT2D eigenvalue weighted by Gasteiger charge is 2.08. The molecule has 0 bridgehead atoms. The molecule has 0 aliphatic carbocycles. The highest BCUT2D eigenvalue weighted by molar-refractivity contribution is 5.77. The minimum Gasteiger partial charge on any atom is -0.492 e. The summed E-state index contributed by atoms with van der Waals surface area (Å²) in [6.45, 7) is 0.906. The van der Waals surface area contributed by atoms with Gasteiger partial charge in [0.15, 0.2) is 0 Å². The molecule has 0 aliphatic rings. The third-order valence-corrected chi connectivity index (χ3v) is 3.05. The fourth-order valence-electron chi connectivity index (χ4n) is 2.20. The van der Waals surface area contributed by atoms with E-state index in [1.807, 2.05) is 48.5 Å². The van der Waals surface area contributed by atoms with Gasteiger partial charge in [-0.05, 0) is 24.3 Å². The van der Waals surface area contributed by atoms with Crippen molar-refractivity contribution in [3.63, 3.8) is 0 Å². The Morgan fingerprint density at radius 1 is 1.15 bits per heavy atom. The lowest BCUT2D eigenvalue weighted by Crippen LogP contribution is -2.15. The summed E-state index contributed by atoms with van der Waals surface area (Å²) in [7, 11) is 0. The molecule has 0 radical (unpaired) electrons. The van der Waals surface area contributed by atoms with Crippen LogP contribution in [-0.4, -0.2) is 22.7 Å². The number of rotatable bonds is 4. The fraction of sp³-hybridized carbons (Fsp3) is 0.133. The van der Waals surface area contributed by atoms with Crippen molar-refractivity contribution < 1.29 is 4.74 Å². The number of aromatic amines is 1. The van der Waals surface area contributed by atoms with Gasteiger partial charge in [0, 0.05) is 12.6 Å². The fourth-order valence-corrected chi connectivity index (χ4v) is 2.20. The first kappa shape index (κ1) is 12.5. The maximum Gasteiger partial charge on any atom is 0.331 e. The van der Waals surface area contributed by atoms with E-state index in [-0.39, 0.29) is 5.69 Å². The van der Waals surface area contributed by atoms with E-state index in [9.17, 15) is 4.79 Å². The third-order valence-electron chi connectivity index (χ3n) is 3.05. The van der Waals surface area contributed by atoms with E-state index in [4.69, 9.17) is 10.5 Å². The van der Waals surface area contributed by atoms with Gasteiger partial charge in [-0.15, -0.1) is 0 Å². The third kappa shape index (κ3) is 2.19. The van der Waals surface area contributed by atoms with Crippen LogP contribution in [0, 0.1) is 0 Å². The van der Waals surface area contributed by atoms with Crippen molar-refractivity contribution in [2.24, 2.45) is 5.73 Å². The van der Waals surface area contributed by atoms with Crippen LogP contribution in [0.25, 0.3) is 16.7 Å². The number of fused-ring (bicyclic) bond motifs is 1. The average molecular weight is 269 g/mol. The van der Waals surface area contributed by atoms with Crippen molar-refractivity contribution in [2.45, 2.75) is 0 Å². The van der Waals surface area contributed by atoms with Crippen molar-refractivity contribution in [3.05, 3.63) is 59.0 Å². The summed E-state index contributed by atoms with van der Waals surface area (Å²) in [6, 6.07) is 15.0. The Kier molecular flexibility index (Phi) is 3.26. The predicted molar refractivity (Wildman–Crippen MR) is 78.4 cm³/mol. The molecule has 0 saturated carbocycles. The first-order chi connectivity index (χ1) is 9.79. The molecular weight excluding hydrogens is 254 g/mol. The van der Waals surface area contributed by atoms with E-state index in [0.29, 0.717) is 18.9 Å². The molecule has 102 valence electrons. The summed E-state index contributed by atoms with van der Waals surface area (Å²) in [5.74, 6) is 0.699. The maximum atomic E-state index is 12.1. The van der Waals surface area contributed by atoms with Gasteiger partial charge in [-0.3, -0.25) is 4.57 Å². The molecule has 0 fully saturated rings.